The Balaban J connectivity index is 1.53. The topological polar surface area (TPSA) is 59.9 Å². The van der Waals surface area contributed by atoms with Crippen LogP contribution in [0.5, 0.6) is 11.5 Å². The number of carbonyl (C=O) groups is 1. The molecule has 5 nitrogen and oxygen atoms in total. The van der Waals surface area contributed by atoms with Gasteiger partial charge in [0.15, 0.2) is 0 Å². The lowest BCUT2D eigenvalue weighted by molar-refractivity contribution is 0.0954. The fourth-order valence-electron chi connectivity index (χ4n) is 2.42. The van der Waals surface area contributed by atoms with Gasteiger partial charge in [0.2, 0.25) is 0 Å². The van der Waals surface area contributed by atoms with Crippen molar-refractivity contribution in [1.82, 2.24) is 5.43 Å². The third-order valence-corrected chi connectivity index (χ3v) is 4.81. The molecule has 0 radical (unpaired) electrons. The van der Waals surface area contributed by atoms with Gasteiger partial charge in [-0.2, -0.15) is 5.10 Å². The molecule has 0 atom stereocenters. The zero-order valence-corrected chi connectivity index (χ0v) is 17.4. The number of ether oxygens (including phenoxy) is 2. The fourth-order valence-corrected chi connectivity index (χ4v) is 2.98. The first-order valence-electron chi connectivity index (χ1n) is 8.59. The van der Waals surface area contributed by atoms with E-state index < -0.39 is 0 Å². The Kier molecular flexibility index (Phi) is 7.02. The number of hydrogen-bond donors (Lipinski definition) is 1. The molecule has 0 heterocycles. The molecule has 0 aliphatic rings. The summed E-state index contributed by atoms with van der Waals surface area (Å²) in [5, 5.41) is 4.01. The highest BCUT2D eigenvalue weighted by Crippen LogP contribution is 2.21. The first-order valence-corrected chi connectivity index (χ1v) is 9.67. The minimum Gasteiger partial charge on any atom is -0.496 e. The molecule has 0 bridgehead atoms. The van der Waals surface area contributed by atoms with E-state index in [4.69, 9.17) is 9.47 Å². The van der Waals surface area contributed by atoms with E-state index in [0.717, 1.165) is 20.4 Å². The zero-order valence-electron chi connectivity index (χ0n) is 15.3. The van der Waals surface area contributed by atoms with E-state index >= 15 is 0 Å². The Morgan fingerprint density at radius 3 is 2.54 bits per heavy atom. The molecule has 0 fully saturated rings. The molecule has 0 aromatic heterocycles. The summed E-state index contributed by atoms with van der Waals surface area (Å²) in [7, 11) is 1.57. The van der Waals surface area contributed by atoms with Gasteiger partial charge in [-0.25, -0.2) is 5.43 Å². The van der Waals surface area contributed by atoms with Gasteiger partial charge in [-0.05, 0) is 76.2 Å². The van der Waals surface area contributed by atoms with Crippen LogP contribution in [0, 0.1) is 3.57 Å². The van der Waals surface area contributed by atoms with Crippen LogP contribution in [0.4, 0.5) is 0 Å². The molecule has 0 unspecified atom stereocenters. The summed E-state index contributed by atoms with van der Waals surface area (Å²) < 4.78 is 11.9. The van der Waals surface area contributed by atoms with Gasteiger partial charge >= 0.3 is 0 Å². The molecule has 0 spiro atoms. The van der Waals surface area contributed by atoms with Crippen molar-refractivity contribution in [3.63, 3.8) is 0 Å². The van der Waals surface area contributed by atoms with Crippen LogP contribution in [-0.2, 0) is 6.61 Å². The molecule has 3 aromatic carbocycles. The van der Waals surface area contributed by atoms with Gasteiger partial charge in [0.1, 0.15) is 18.1 Å². The molecule has 1 N–H and O–H groups in total. The molecular formula is C22H19IN2O3. The lowest BCUT2D eigenvalue weighted by atomic mass is 10.2. The van der Waals surface area contributed by atoms with Gasteiger partial charge in [-0.3, -0.25) is 4.79 Å². The van der Waals surface area contributed by atoms with Crippen LogP contribution in [0.3, 0.4) is 0 Å². The first kappa shape index (κ1) is 19.9. The van der Waals surface area contributed by atoms with Crippen molar-refractivity contribution < 1.29 is 14.3 Å². The van der Waals surface area contributed by atoms with Crippen LogP contribution in [0.2, 0.25) is 0 Å². The van der Waals surface area contributed by atoms with Crippen LogP contribution in [0.25, 0.3) is 0 Å². The zero-order chi connectivity index (χ0) is 19.8. The van der Waals surface area contributed by atoms with E-state index in [1.165, 1.54) is 0 Å². The van der Waals surface area contributed by atoms with Crippen molar-refractivity contribution in [2.24, 2.45) is 5.10 Å². The molecule has 0 saturated carbocycles. The molecule has 1 amide bonds. The standard InChI is InChI=1S/C22H19IN2O3/c1-27-21-13-18(9-12-20(21)23)22(26)25-24-14-16-7-10-19(11-8-16)28-15-17-5-3-2-4-6-17/h2-14H,15H2,1H3,(H,25,26)/b24-14-. The van der Waals surface area contributed by atoms with Crippen LogP contribution in [0.1, 0.15) is 21.5 Å². The Bertz CT molecular complexity index is 957. The number of hydrazone groups is 1. The van der Waals surface area contributed by atoms with Crippen LogP contribution < -0.4 is 14.9 Å². The maximum absolute atomic E-state index is 12.2. The monoisotopic (exact) mass is 486 g/mol. The van der Waals surface area contributed by atoms with Crippen LogP contribution >= 0.6 is 22.6 Å². The summed E-state index contributed by atoms with van der Waals surface area (Å²) in [6, 6.07) is 22.7. The third-order valence-electron chi connectivity index (χ3n) is 3.92. The van der Waals surface area contributed by atoms with Crippen molar-refractivity contribution in [3.05, 3.63) is 93.1 Å². The summed E-state index contributed by atoms with van der Waals surface area (Å²) >= 11 is 2.15. The quantitative estimate of drug-likeness (QED) is 0.301. The van der Waals surface area contributed by atoms with E-state index in [2.05, 4.69) is 33.1 Å². The van der Waals surface area contributed by atoms with Crippen molar-refractivity contribution >= 4 is 34.7 Å². The minimum absolute atomic E-state index is 0.297. The van der Waals surface area contributed by atoms with E-state index in [1.54, 1.807) is 25.5 Å². The molecule has 0 saturated heterocycles. The number of methoxy groups -OCH3 is 1. The largest absolute Gasteiger partial charge is 0.496 e. The van der Waals surface area contributed by atoms with Crippen molar-refractivity contribution in [1.29, 1.82) is 0 Å². The Morgan fingerprint density at radius 1 is 1.07 bits per heavy atom. The van der Waals surface area contributed by atoms with Crippen LogP contribution in [0.15, 0.2) is 77.9 Å². The number of benzene rings is 3. The number of hydrogen-bond acceptors (Lipinski definition) is 4. The fraction of sp³-hybridized carbons (Fsp3) is 0.0909. The van der Waals surface area contributed by atoms with Gasteiger partial charge < -0.3 is 9.47 Å². The van der Waals surface area contributed by atoms with E-state index in [-0.39, 0.29) is 5.91 Å². The smallest absolute Gasteiger partial charge is 0.271 e. The maximum Gasteiger partial charge on any atom is 0.271 e. The Hall–Kier alpha value is -2.87. The van der Waals surface area contributed by atoms with Crippen molar-refractivity contribution in [3.8, 4) is 11.5 Å². The van der Waals surface area contributed by atoms with Crippen molar-refractivity contribution in [2.45, 2.75) is 6.61 Å². The summed E-state index contributed by atoms with van der Waals surface area (Å²) in [4.78, 5) is 12.2. The van der Waals surface area contributed by atoms with E-state index in [1.807, 2.05) is 60.7 Å². The number of rotatable bonds is 7. The molecule has 3 aromatic rings. The van der Waals surface area contributed by atoms with Crippen molar-refractivity contribution in [2.75, 3.05) is 7.11 Å². The molecule has 0 aliphatic carbocycles. The normalized spacial score (nSPS) is 10.6. The lowest BCUT2D eigenvalue weighted by Gasteiger charge is -2.06. The second kappa shape index (κ2) is 9.89. The average molecular weight is 486 g/mol. The number of carbonyl (C=O) groups excluding carboxylic acids is 1. The van der Waals surface area contributed by atoms with Gasteiger partial charge in [0.25, 0.3) is 5.91 Å². The highest BCUT2D eigenvalue weighted by molar-refractivity contribution is 14.1. The van der Waals surface area contributed by atoms with Gasteiger partial charge in [0, 0.05) is 5.56 Å². The van der Waals surface area contributed by atoms with E-state index in [9.17, 15) is 4.79 Å². The van der Waals surface area contributed by atoms with Gasteiger partial charge in [-0.1, -0.05) is 30.3 Å². The SMILES string of the molecule is COc1cc(C(=O)N/N=C\c2ccc(OCc3ccccc3)cc2)ccc1I. The van der Waals surface area contributed by atoms with Crippen LogP contribution in [-0.4, -0.2) is 19.2 Å². The summed E-state index contributed by atoms with van der Waals surface area (Å²) in [5.74, 6) is 1.13. The maximum atomic E-state index is 12.2. The molecule has 3 rings (SSSR count). The molecule has 6 heteroatoms. The molecular weight excluding hydrogens is 467 g/mol. The predicted molar refractivity (Wildman–Crippen MR) is 118 cm³/mol. The molecule has 28 heavy (non-hydrogen) atoms. The third kappa shape index (κ3) is 5.56. The minimum atomic E-state index is -0.297. The molecule has 142 valence electrons. The summed E-state index contributed by atoms with van der Waals surface area (Å²) in [6.45, 7) is 0.518. The predicted octanol–water partition coefficient (Wildman–Crippen LogP) is 4.64. The molecule has 0 aliphatic heterocycles. The highest BCUT2D eigenvalue weighted by atomic mass is 127. The summed E-state index contributed by atoms with van der Waals surface area (Å²) in [5.41, 5.74) is 4.97. The first-order chi connectivity index (χ1) is 13.7. The van der Waals surface area contributed by atoms with E-state index in [0.29, 0.717) is 17.9 Å². The lowest BCUT2D eigenvalue weighted by Crippen LogP contribution is -2.17. The Labute approximate surface area is 177 Å². The Morgan fingerprint density at radius 2 is 1.82 bits per heavy atom. The number of nitrogens with one attached hydrogen (secondary N) is 1. The average Bonchev–Trinajstić information content (AvgIpc) is 2.74. The number of nitrogens with zero attached hydrogens (tertiary/aromatic N) is 1. The second-order valence-corrected chi connectivity index (χ2v) is 7.05. The van der Waals surface area contributed by atoms with Gasteiger partial charge in [-0.15, -0.1) is 0 Å². The van der Waals surface area contributed by atoms with Gasteiger partial charge in [0.05, 0.1) is 16.9 Å². The summed E-state index contributed by atoms with van der Waals surface area (Å²) in [6.07, 6.45) is 1.59. The second-order valence-electron chi connectivity index (χ2n) is 5.89. The highest BCUT2D eigenvalue weighted by Gasteiger charge is 2.08. The number of amides is 1. The number of halogens is 1.